The number of fused-ring (bicyclic) bond motifs is 1. The van der Waals surface area contributed by atoms with Crippen LogP contribution in [-0.2, 0) is 26.9 Å². The highest BCUT2D eigenvalue weighted by Crippen LogP contribution is 2.36. The van der Waals surface area contributed by atoms with E-state index in [1.54, 1.807) is 0 Å². The molecule has 2 unspecified atom stereocenters. The lowest BCUT2D eigenvalue weighted by Gasteiger charge is -2.43. The van der Waals surface area contributed by atoms with Crippen molar-refractivity contribution < 1.29 is 28.0 Å². The summed E-state index contributed by atoms with van der Waals surface area (Å²) < 4.78 is 29.5. The molecule has 174 valence electrons. The normalized spacial score (nSPS) is 20.9. The number of benzene rings is 2. The minimum Gasteiger partial charge on any atom is -0.393 e. The first kappa shape index (κ1) is 26.0. The van der Waals surface area contributed by atoms with E-state index < -0.39 is 46.5 Å². The van der Waals surface area contributed by atoms with Crippen molar-refractivity contribution in [3.05, 3.63) is 69.7 Å². The lowest BCUT2D eigenvalue weighted by molar-refractivity contribution is -0.154. The van der Waals surface area contributed by atoms with Crippen molar-refractivity contribution in [1.82, 2.24) is 14.5 Å². The van der Waals surface area contributed by atoms with Crippen molar-refractivity contribution in [3.8, 4) is 0 Å². The molecule has 1 saturated heterocycles. The average molecular weight is 501 g/mol. The third kappa shape index (κ3) is 4.13. The summed E-state index contributed by atoms with van der Waals surface area (Å²) in [6, 6.07) is 8.55. The summed E-state index contributed by atoms with van der Waals surface area (Å²) in [5, 5.41) is 0.213. The zero-order valence-corrected chi connectivity index (χ0v) is 19.4. The zero-order chi connectivity index (χ0) is 26.6. The molecule has 0 saturated carbocycles. The van der Waals surface area contributed by atoms with Crippen LogP contribution in [0.4, 0.5) is 8.78 Å². The molecule has 36 heavy (non-hydrogen) atoms. The van der Waals surface area contributed by atoms with E-state index >= 15 is 0 Å². The van der Waals surface area contributed by atoms with Gasteiger partial charge in [0.25, 0.3) is 11.8 Å². The van der Waals surface area contributed by atoms with Crippen LogP contribution in [0.25, 0.3) is 0 Å². The van der Waals surface area contributed by atoms with Gasteiger partial charge in [-0.25, -0.2) is 0 Å². The lowest BCUT2D eigenvalue weighted by Crippen LogP contribution is -2.64. The number of carbonyl (C=O) groups is 4. The molecule has 0 aliphatic carbocycles. The SMILES string of the molecule is [B]C(c1ccc2c(c1)CN(C1([B])CCC(=O)N([B])C1=O)C2=O)N([B])C(=O)C(F)(F)c1ccc(Cl)cc1. The lowest BCUT2D eigenvalue weighted by atomic mass is 9.68. The van der Waals surface area contributed by atoms with Gasteiger partial charge in [0.1, 0.15) is 15.7 Å². The highest BCUT2D eigenvalue weighted by atomic mass is 35.5. The summed E-state index contributed by atoms with van der Waals surface area (Å²) in [7, 11) is 23.4. The number of alkyl halides is 2. The molecule has 2 heterocycles. The monoisotopic (exact) mass is 501 g/mol. The topological polar surface area (TPSA) is 78.0 Å². The van der Waals surface area contributed by atoms with E-state index in [9.17, 15) is 28.0 Å². The third-order valence-electron chi connectivity index (χ3n) is 6.34. The first-order chi connectivity index (χ1) is 16.8. The van der Waals surface area contributed by atoms with Gasteiger partial charge in [-0.15, -0.1) is 0 Å². The van der Waals surface area contributed by atoms with Gasteiger partial charge in [-0.3, -0.25) is 19.2 Å². The number of nitrogens with zero attached hydrogens (tertiary/aromatic N) is 3. The Hall–Kier alpha value is -3.07. The highest BCUT2D eigenvalue weighted by molar-refractivity contribution is 6.38. The van der Waals surface area contributed by atoms with E-state index in [0.717, 1.165) is 17.0 Å². The second-order valence-electron chi connectivity index (χ2n) is 8.54. The average Bonchev–Trinajstić information content (AvgIpc) is 3.20. The Morgan fingerprint density at radius 3 is 2.42 bits per heavy atom. The molecule has 0 aromatic heterocycles. The minimum atomic E-state index is -3.99. The Kier molecular flexibility index (Phi) is 6.58. The predicted octanol–water partition coefficient (Wildman–Crippen LogP) is 1.26. The first-order valence-corrected chi connectivity index (χ1v) is 11.0. The molecule has 4 amide bonds. The Bertz CT molecular complexity index is 1280. The maximum atomic E-state index is 14.8. The molecule has 0 N–H and O–H groups in total. The van der Waals surface area contributed by atoms with E-state index in [1.165, 1.54) is 30.3 Å². The van der Waals surface area contributed by atoms with E-state index in [4.69, 9.17) is 43.3 Å². The number of hydrogen-bond acceptors (Lipinski definition) is 4. The molecular weight excluding hydrogens is 487 g/mol. The summed E-state index contributed by atoms with van der Waals surface area (Å²) in [6.45, 7) is -0.140. The van der Waals surface area contributed by atoms with Crippen molar-refractivity contribution in [2.75, 3.05) is 0 Å². The van der Waals surface area contributed by atoms with E-state index in [1.807, 2.05) is 0 Å². The largest absolute Gasteiger partial charge is 0.393 e. The molecule has 4 rings (SSSR count). The van der Waals surface area contributed by atoms with Crippen LogP contribution in [0.1, 0.15) is 45.8 Å². The molecule has 14 heteroatoms. The van der Waals surface area contributed by atoms with Crippen molar-refractivity contribution in [2.45, 2.75) is 36.7 Å². The maximum Gasteiger partial charge on any atom is 0.348 e. The Morgan fingerprint density at radius 1 is 1.14 bits per heavy atom. The van der Waals surface area contributed by atoms with Crippen LogP contribution in [0.2, 0.25) is 5.02 Å². The fourth-order valence-electron chi connectivity index (χ4n) is 4.18. The molecule has 7 nitrogen and oxygen atoms in total. The van der Waals surface area contributed by atoms with Crippen LogP contribution >= 0.6 is 11.6 Å². The smallest absolute Gasteiger partial charge is 0.348 e. The summed E-state index contributed by atoms with van der Waals surface area (Å²) in [6.07, 6.45) is -0.267. The molecule has 0 spiro atoms. The number of carbonyl (C=O) groups excluding carboxylic acids is 4. The van der Waals surface area contributed by atoms with Gasteiger partial charge >= 0.3 is 5.92 Å². The Morgan fingerprint density at radius 2 is 1.78 bits per heavy atom. The summed E-state index contributed by atoms with van der Waals surface area (Å²) in [4.78, 5) is 51.5. The van der Waals surface area contributed by atoms with Crippen LogP contribution in [0.5, 0.6) is 0 Å². The number of amides is 4. The highest BCUT2D eigenvalue weighted by Gasteiger charge is 2.49. The van der Waals surface area contributed by atoms with Crippen LogP contribution in [0.3, 0.4) is 0 Å². The fraction of sp³-hybridized carbons (Fsp3) is 0.273. The van der Waals surface area contributed by atoms with Gasteiger partial charge in [-0.2, -0.15) is 8.78 Å². The second kappa shape index (κ2) is 9.10. The first-order valence-electron chi connectivity index (χ1n) is 10.6. The number of imide groups is 1. The minimum absolute atomic E-state index is 0.130. The second-order valence-corrected chi connectivity index (χ2v) is 8.98. The molecule has 1 fully saturated rings. The van der Waals surface area contributed by atoms with Crippen molar-refractivity contribution in [2.24, 2.45) is 0 Å². The van der Waals surface area contributed by atoms with Gasteiger partial charge in [0.2, 0.25) is 27.8 Å². The molecule has 2 aliphatic heterocycles. The van der Waals surface area contributed by atoms with Gasteiger partial charge in [-0.05, 0) is 35.7 Å². The van der Waals surface area contributed by atoms with E-state index in [0.29, 0.717) is 10.4 Å². The fourth-order valence-corrected chi connectivity index (χ4v) is 4.30. The summed E-state index contributed by atoms with van der Waals surface area (Å²) >= 11 is 5.72. The summed E-state index contributed by atoms with van der Waals surface area (Å²) in [5.74, 6) is -9.37. The van der Waals surface area contributed by atoms with Gasteiger partial charge < -0.3 is 14.5 Å². The van der Waals surface area contributed by atoms with Crippen LogP contribution < -0.4 is 0 Å². The van der Waals surface area contributed by atoms with Gasteiger partial charge in [-0.1, -0.05) is 35.9 Å². The molecule has 8 radical (unpaired) electrons. The summed E-state index contributed by atoms with van der Waals surface area (Å²) in [5.41, 5.74) is -1.76. The standard InChI is InChI=1S/C22H14B4ClF2N3O4/c23-17(32(26)20(36)22(28,29)13-2-4-14(27)5-3-13)11-1-6-15-12(9-11)10-30(18(15)34)21(24)8-7-16(33)31(25)19(21)35/h1-6,9,17H,7-8,10H2. The number of piperidine rings is 1. The molecule has 2 aromatic carbocycles. The molecule has 0 bridgehead atoms. The molecule has 2 aromatic rings. The number of rotatable bonds is 5. The Balaban J connectivity index is 1.56. The quantitative estimate of drug-likeness (QED) is 0.457. The molecular formula is C22H14B4ClF2N3O4. The predicted molar refractivity (Wildman–Crippen MR) is 128 cm³/mol. The van der Waals surface area contributed by atoms with E-state index in [-0.39, 0.29) is 40.3 Å². The third-order valence-corrected chi connectivity index (χ3v) is 6.60. The Labute approximate surface area is 215 Å². The van der Waals surface area contributed by atoms with Crippen LogP contribution in [0.15, 0.2) is 42.5 Å². The van der Waals surface area contributed by atoms with Crippen LogP contribution in [-0.4, -0.2) is 75.2 Å². The van der Waals surface area contributed by atoms with Crippen molar-refractivity contribution in [1.29, 1.82) is 0 Å². The molecule has 2 aliphatic rings. The van der Waals surface area contributed by atoms with Gasteiger partial charge in [0, 0.05) is 35.1 Å². The van der Waals surface area contributed by atoms with E-state index in [2.05, 4.69) is 0 Å². The van der Waals surface area contributed by atoms with Gasteiger partial charge in [0.05, 0.1) is 5.44 Å². The van der Waals surface area contributed by atoms with Crippen molar-refractivity contribution >= 4 is 66.9 Å². The number of halogens is 3. The van der Waals surface area contributed by atoms with Crippen LogP contribution in [0, 0.1) is 0 Å². The van der Waals surface area contributed by atoms with Gasteiger partial charge in [0.15, 0.2) is 0 Å². The number of hydrogen-bond donors (Lipinski definition) is 0. The van der Waals surface area contributed by atoms with Crippen molar-refractivity contribution in [3.63, 3.8) is 0 Å². The molecule has 2 atom stereocenters. The zero-order valence-electron chi connectivity index (χ0n) is 18.7. The maximum absolute atomic E-state index is 14.8.